The summed E-state index contributed by atoms with van der Waals surface area (Å²) in [6, 6.07) is 7.53. The molecule has 1 fully saturated rings. The zero-order valence-electron chi connectivity index (χ0n) is 18.0. The number of carbonyl (C=O) groups is 1. The van der Waals surface area contributed by atoms with Crippen LogP contribution < -0.4 is 11.2 Å². The molecule has 2 aliphatic rings. The molecule has 2 bridgehead atoms. The lowest BCUT2D eigenvalue weighted by atomic mass is 9.77. The van der Waals surface area contributed by atoms with Gasteiger partial charge in [0, 0.05) is 61.2 Å². The van der Waals surface area contributed by atoms with Crippen LogP contribution in [0.3, 0.4) is 0 Å². The SMILES string of the molecule is CCC[C@H]1[C@H]2C[C@H](CN(C(=O)CCn3c(C)cc(C)nc3=O)C2)c2cccc(=O)n21. The van der Waals surface area contributed by atoms with E-state index in [1.165, 1.54) is 0 Å². The van der Waals surface area contributed by atoms with Crippen molar-refractivity contribution in [2.24, 2.45) is 5.92 Å². The van der Waals surface area contributed by atoms with Crippen LogP contribution in [0.4, 0.5) is 0 Å². The lowest BCUT2D eigenvalue weighted by Crippen LogP contribution is -2.51. The van der Waals surface area contributed by atoms with Gasteiger partial charge in [-0.15, -0.1) is 0 Å². The predicted molar refractivity (Wildman–Crippen MR) is 115 cm³/mol. The van der Waals surface area contributed by atoms with Crippen LogP contribution in [-0.2, 0) is 11.3 Å². The molecular formula is C23H30N4O3. The summed E-state index contributed by atoms with van der Waals surface area (Å²) < 4.78 is 3.56. The number of piperidine rings is 1. The van der Waals surface area contributed by atoms with Crippen molar-refractivity contribution in [2.75, 3.05) is 13.1 Å². The maximum absolute atomic E-state index is 13.1. The van der Waals surface area contributed by atoms with Gasteiger partial charge in [-0.3, -0.25) is 14.2 Å². The van der Waals surface area contributed by atoms with E-state index in [-0.39, 0.29) is 35.5 Å². The molecule has 0 aliphatic carbocycles. The number of amides is 1. The highest BCUT2D eigenvalue weighted by molar-refractivity contribution is 5.76. The van der Waals surface area contributed by atoms with E-state index in [4.69, 9.17) is 0 Å². The molecule has 0 saturated carbocycles. The Kier molecular flexibility index (Phi) is 5.62. The Morgan fingerprint density at radius 3 is 2.73 bits per heavy atom. The molecule has 2 aromatic rings. The number of hydrogen-bond donors (Lipinski definition) is 0. The van der Waals surface area contributed by atoms with Gasteiger partial charge in [0.15, 0.2) is 0 Å². The van der Waals surface area contributed by atoms with Crippen LogP contribution in [-0.4, -0.2) is 38.0 Å². The first kappa shape index (κ1) is 20.6. The fraction of sp³-hybridized carbons (Fsp3) is 0.565. The Labute approximate surface area is 176 Å². The molecule has 3 atom stereocenters. The Morgan fingerprint density at radius 2 is 2.00 bits per heavy atom. The van der Waals surface area contributed by atoms with Gasteiger partial charge in [-0.05, 0) is 44.7 Å². The maximum atomic E-state index is 13.1. The molecule has 1 amide bonds. The van der Waals surface area contributed by atoms with Gasteiger partial charge in [-0.1, -0.05) is 19.4 Å². The molecule has 0 unspecified atom stereocenters. The number of aromatic nitrogens is 3. The van der Waals surface area contributed by atoms with Crippen molar-refractivity contribution in [3.05, 3.63) is 62.2 Å². The first-order valence-corrected chi connectivity index (χ1v) is 10.9. The third-order valence-electron chi connectivity index (χ3n) is 6.63. The summed E-state index contributed by atoms with van der Waals surface area (Å²) in [4.78, 5) is 43.8. The van der Waals surface area contributed by atoms with Crippen LogP contribution in [0.1, 0.15) is 61.6 Å². The van der Waals surface area contributed by atoms with Crippen molar-refractivity contribution in [1.29, 1.82) is 0 Å². The monoisotopic (exact) mass is 410 g/mol. The minimum Gasteiger partial charge on any atom is -0.342 e. The van der Waals surface area contributed by atoms with Gasteiger partial charge >= 0.3 is 5.69 Å². The fourth-order valence-corrected chi connectivity index (χ4v) is 5.32. The Balaban J connectivity index is 1.53. The zero-order valence-corrected chi connectivity index (χ0v) is 18.0. The van der Waals surface area contributed by atoms with Crippen molar-refractivity contribution in [1.82, 2.24) is 19.0 Å². The first-order valence-electron chi connectivity index (χ1n) is 10.9. The van der Waals surface area contributed by atoms with E-state index in [0.29, 0.717) is 31.2 Å². The molecule has 7 heteroatoms. The number of carbonyl (C=O) groups excluding carboxylic acids is 1. The Hall–Kier alpha value is -2.70. The zero-order chi connectivity index (χ0) is 21.4. The molecule has 4 rings (SSSR count). The summed E-state index contributed by atoms with van der Waals surface area (Å²) >= 11 is 0. The highest BCUT2D eigenvalue weighted by atomic mass is 16.2. The van der Waals surface area contributed by atoms with Crippen molar-refractivity contribution < 1.29 is 4.79 Å². The standard InChI is InChI=1S/C23H30N4O3/c1-4-6-19-17-12-18(20-7-5-8-22(29)27(19)20)14-25(13-17)21(28)9-10-26-16(3)11-15(2)24-23(26)30/h5,7-8,11,17-19H,4,6,9-10,12-14H2,1-3H3/t17-,18+,19-/m0/s1. The van der Waals surface area contributed by atoms with Crippen LogP contribution in [0.5, 0.6) is 0 Å². The second-order valence-corrected chi connectivity index (χ2v) is 8.73. The number of pyridine rings is 1. The van der Waals surface area contributed by atoms with E-state index in [2.05, 4.69) is 11.9 Å². The molecule has 1 saturated heterocycles. The number of likely N-dealkylation sites (tertiary alicyclic amines) is 1. The van der Waals surface area contributed by atoms with E-state index in [0.717, 1.165) is 30.7 Å². The van der Waals surface area contributed by atoms with Gasteiger partial charge in [0.05, 0.1) is 0 Å². The number of fused-ring (bicyclic) bond motifs is 4. The average molecular weight is 411 g/mol. The Bertz CT molecular complexity index is 1070. The molecule has 2 aromatic heterocycles. The summed E-state index contributed by atoms with van der Waals surface area (Å²) in [6.45, 7) is 7.47. The number of aryl methyl sites for hydroxylation is 2. The molecule has 0 radical (unpaired) electrons. The van der Waals surface area contributed by atoms with Crippen LogP contribution in [0, 0.1) is 19.8 Å². The van der Waals surface area contributed by atoms with E-state index < -0.39 is 0 Å². The molecule has 4 heterocycles. The maximum Gasteiger partial charge on any atom is 0.347 e. The molecule has 7 nitrogen and oxygen atoms in total. The normalized spacial score (nSPS) is 22.6. The van der Waals surface area contributed by atoms with E-state index in [1.807, 2.05) is 34.6 Å². The second-order valence-electron chi connectivity index (χ2n) is 8.73. The van der Waals surface area contributed by atoms with Crippen LogP contribution in [0.2, 0.25) is 0 Å². The number of rotatable bonds is 5. The highest BCUT2D eigenvalue weighted by Crippen LogP contribution is 2.42. The second kappa shape index (κ2) is 8.20. The summed E-state index contributed by atoms with van der Waals surface area (Å²) in [5.74, 6) is 0.560. The minimum absolute atomic E-state index is 0.0681. The van der Waals surface area contributed by atoms with Gasteiger partial charge in [0.25, 0.3) is 5.56 Å². The van der Waals surface area contributed by atoms with E-state index >= 15 is 0 Å². The van der Waals surface area contributed by atoms with Gasteiger partial charge in [-0.2, -0.15) is 4.98 Å². The third-order valence-corrected chi connectivity index (χ3v) is 6.63. The lowest BCUT2D eigenvalue weighted by molar-refractivity contribution is -0.134. The van der Waals surface area contributed by atoms with Crippen molar-refractivity contribution >= 4 is 5.91 Å². The van der Waals surface area contributed by atoms with Gasteiger partial charge in [0.2, 0.25) is 5.91 Å². The first-order chi connectivity index (χ1) is 14.4. The van der Waals surface area contributed by atoms with E-state index in [9.17, 15) is 14.4 Å². The third kappa shape index (κ3) is 3.73. The van der Waals surface area contributed by atoms with Crippen LogP contribution >= 0.6 is 0 Å². The van der Waals surface area contributed by atoms with Gasteiger partial charge in [0.1, 0.15) is 0 Å². The molecule has 0 aromatic carbocycles. The van der Waals surface area contributed by atoms with Crippen LogP contribution in [0.15, 0.2) is 33.9 Å². The average Bonchev–Trinajstić information content (AvgIpc) is 2.70. The molecule has 0 N–H and O–H groups in total. The quantitative estimate of drug-likeness (QED) is 0.758. The fourth-order valence-electron chi connectivity index (χ4n) is 5.32. The summed E-state index contributed by atoms with van der Waals surface area (Å²) in [5, 5.41) is 0. The topological polar surface area (TPSA) is 77.2 Å². The molecule has 160 valence electrons. The van der Waals surface area contributed by atoms with Gasteiger partial charge in [-0.25, -0.2) is 4.79 Å². The highest BCUT2D eigenvalue weighted by Gasteiger charge is 2.41. The Morgan fingerprint density at radius 1 is 1.20 bits per heavy atom. The number of nitrogens with zero attached hydrogens (tertiary/aromatic N) is 4. The summed E-state index contributed by atoms with van der Waals surface area (Å²) in [5.41, 5.74) is 2.35. The van der Waals surface area contributed by atoms with Crippen molar-refractivity contribution in [3.63, 3.8) is 0 Å². The predicted octanol–water partition coefficient (Wildman–Crippen LogP) is 2.40. The largest absolute Gasteiger partial charge is 0.347 e. The molecule has 0 spiro atoms. The summed E-state index contributed by atoms with van der Waals surface area (Å²) in [6.07, 6.45) is 3.26. The van der Waals surface area contributed by atoms with Gasteiger partial charge < -0.3 is 9.47 Å². The van der Waals surface area contributed by atoms with Crippen molar-refractivity contribution in [2.45, 2.75) is 65.0 Å². The lowest BCUT2D eigenvalue weighted by Gasteiger charge is -2.47. The van der Waals surface area contributed by atoms with E-state index in [1.54, 1.807) is 17.6 Å². The molecular weight excluding hydrogens is 380 g/mol. The molecule has 30 heavy (non-hydrogen) atoms. The smallest absolute Gasteiger partial charge is 0.342 e. The molecule has 2 aliphatic heterocycles. The number of hydrogen-bond acceptors (Lipinski definition) is 4. The van der Waals surface area contributed by atoms with Crippen molar-refractivity contribution in [3.8, 4) is 0 Å². The van der Waals surface area contributed by atoms with Crippen LogP contribution in [0.25, 0.3) is 0 Å². The summed E-state index contributed by atoms with van der Waals surface area (Å²) in [7, 11) is 0. The minimum atomic E-state index is -0.299.